The summed E-state index contributed by atoms with van der Waals surface area (Å²) in [7, 11) is 0. The number of aryl methyl sites for hydroxylation is 1. The standard InChI is InChI=1S/C54H60FN9O12/c1-3-17-54(74)36-20-41-50-34(26-64(41)52(72)35(36)28-76-53(54)73)49-40(14-13-33-30(2)37(55)21-38(61-50)48(33)49)63-25-32(63)27-75-29-59-44(67)23-58-51(71)39(19-31-10-6-4-7-11-31)60-45(68)24-57-43(66)22-56-42(65)12-8-5-9-18-62-46(69)15-16-47(62)70/h4,6-7,10-11,15-16,20-21,32,39-40,74H,3,5,8-9,12-14,17-19,22-29H2,1-2H3,(H,56,65)(H,57,66)(H,58,71)(H,59,67)(H,60,68)/t32?,39-,40-,54-,63?/m0/s1. The molecule has 0 radical (unpaired) electrons. The molecule has 4 aliphatic heterocycles. The van der Waals surface area contributed by atoms with Gasteiger partial charge in [0, 0.05) is 72.7 Å². The Morgan fingerprint density at radius 2 is 1.62 bits per heavy atom. The number of benzene rings is 2. The number of imide groups is 1. The number of fused-ring (bicyclic) bond motifs is 5. The summed E-state index contributed by atoms with van der Waals surface area (Å²) in [5.74, 6) is -4.80. The van der Waals surface area contributed by atoms with Crippen molar-refractivity contribution in [2.45, 2.75) is 109 Å². The van der Waals surface area contributed by atoms with Gasteiger partial charge in [-0.1, -0.05) is 50.1 Å². The number of halogens is 1. The van der Waals surface area contributed by atoms with Crippen LogP contribution in [0.15, 0.2) is 59.4 Å². The molecule has 1 saturated heterocycles. The third kappa shape index (κ3) is 11.1. The molecule has 76 heavy (non-hydrogen) atoms. The molecule has 400 valence electrons. The van der Waals surface area contributed by atoms with Crippen LogP contribution in [-0.4, -0.2) is 130 Å². The largest absolute Gasteiger partial charge is 0.458 e. The maximum Gasteiger partial charge on any atom is 0.343 e. The van der Waals surface area contributed by atoms with Crippen molar-refractivity contribution in [3.05, 3.63) is 110 Å². The van der Waals surface area contributed by atoms with E-state index in [1.165, 1.54) is 18.2 Å². The molecule has 9 rings (SSSR count). The highest BCUT2D eigenvalue weighted by molar-refractivity contribution is 6.12. The first-order chi connectivity index (χ1) is 36.6. The molecule has 2 aromatic heterocycles. The number of esters is 1. The van der Waals surface area contributed by atoms with Gasteiger partial charge in [-0.2, -0.15) is 0 Å². The Morgan fingerprint density at radius 1 is 0.895 bits per heavy atom. The van der Waals surface area contributed by atoms with E-state index in [4.69, 9.17) is 14.5 Å². The molecule has 2 aromatic carbocycles. The number of aliphatic hydroxyl groups is 1. The number of rotatable bonds is 23. The zero-order valence-electron chi connectivity index (χ0n) is 42.3. The van der Waals surface area contributed by atoms with Crippen LogP contribution in [0.3, 0.4) is 0 Å². The lowest BCUT2D eigenvalue weighted by Crippen LogP contribution is -2.52. The molecule has 0 saturated carbocycles. The third-order valence-corrected chi connectivity index (χ3v) is 14.7. The first-order valence-corrected chi connectivity index (χ1v) is 25.7. The van der Waals surface area contributed by atoms with Crippen LogP contribution in [0.4, 0.5) is 4.39 Å². The maximum absolute atomic E-state index is 15.5. The van der Waals surface area contributed by atoms with Crippen molar-refractivity contribution in [1.29, 1.82) is 0 Å². The third-order valence-electron chi connectivity index (χ3n) is 14.7. The minimum absolute atomic E-state index is 0.0329. The van der Waals surface area contributed by atoms with Gasteiger partial charge in [0.05, 0.1) is 55.3 Å². The monoisotopic (exact) mass is 1050 g/mol. The average molecular weight is 1050 g/mol. The van der Waals surface area contributed by atoms with Crippen molar-refractivity contribution >= 4 is 58.2 Å². The summed E-state index contributed by atoms with van der Waals surface area (Å²) in [4.78, 5) is 123. The van der Waals surface area contributed by atoms with E-state index >= 15 is 4.39 Å². The van der Waals surface area contributed by atoms with E-state index in [0.717, 1.165) is 32.5 Å². The van der Waals surface area contributed by atoms with E-state index in [9.17, 15) is 48.3 Å². The molecule has 1 aliphatic carbocycles. The van der Waals surface area contributed by atoms with Crippen LogP contribution >= 0.6 is 0 Å². The summed E-state index contributed by atoms with van der Waals surface area (Å²) in [6, 6.07) is 10.7. The number of hydrogen-bond donors (Lipinski definition) is 6. The summed E-state index contributed by atoms with van der Waals surface area (Å²) < 4.78 is 28.3. The molecular weight excluding hydrogens is 986 g/mol. The molecule has 5 atom stereocenters. The highest BCUT2D eigenvalue weighted by Crippen LogP contribution is 2.49. The van der Waals surface area contributed by atoms with Crippen LogP contribution in [0.2, 0.25) is 0 Å². The molecular formula is C54H60FN9O12. The number of ether oxygens (including phenoxy) is 2. The fourth-order valence-corrected chi connectivity index (χ4v) is 10.7. The van der Waals surface area contributed by atoms with E-state index in [1.54, 1.807) is 47.9 Å². The Kier molecular flexibility index (Phi) is 15.8. The molecule has 0 spiro atoms. The Hall–Kier alpha value is -7.69. The molecule has 6 heterocycles. The molecule has 0 bridgehead atoms. The summed E-state index contributed by atoms with van der Waals surface area (Å²) in [5.41, 5.74) is 3.36. The molecule has 1 fully saturated rings. The second-order valence-electron chi connectivity index (χ2n) is 19.8. The van der Waals surface area contributed by atoms with Gasteiger partial charge < -0.3 is 45.7 Å². The van der Waals surface area contributed by atoms with Gasteiger partial charge >= 0.3 is 5.97 Å². The predicted molar refractivity (Wildman–Crippen MR) is 270 cm³/mol. The van der Waals surface area contributed by atoms with Crippen molar-refractivity contribution < 1.29 is 57.3 Å². The van der Waals surface area contributed by atoms with Crippen LogP contribution in [0.5, 0.6) is 0 Å². The zero-order valence-corrected chi connectivity index (χ0v) is 42.3. The molecule has 5 aliphatic rings. The van der Waals surface area contributed by atoms with Crippen molar-refractivity contribution in [2.75, 3.05) is 46.1 Å². The van der Waals surface area contributed by atoms with Crippen LogP contribution in [-0.2, 0) is 79.4 Å². The number of cyclic esters (lactones) is 1. The number of carbonyl (C=O) groups is 8. The maximum atomic E-state index is 15.5. The highest BCUT2D eigenvalue weighted by atomic mass is 19.1. The molecule has 7 amide bonds. The fraction of sp³-hybridized carbons (Fsp3) is 0.444. The van der Waals surface area contributed by atoms with E-state index in [0.29, 0.717) is 67.5 Å². The van der Waals surface area contributed by atoms with Crippen molar-refractivity contribution in [3.63, 3.8) is 0 Å². The second-order valence-corrected chi connectivity index (χ2v) is 19.8. The lowest BCUT2D eigenvalue weighted by atomic mass is 9.81. The van der Waals surface area contributed by atoms with Crippen molar-refractivity contribution in [1.82, 2.24) is 45.9 Å². The van der Waals surface area contributed by atoms with Gasteiger partial charge in [-0.05, 0) is 67.3 Å². The zero-order chi connectivity index (χ0) is 53.8. The van der Waals surface area contributed by atoms with Gasteiger partial charge in [-0.15, -0.1) is 0 Å². The van der Waals surface area contributed by atoms with E-state index in [-0.39, 0.29) is 111 Å². The average Bonchev–Trinajstić information content (AvgIpc) is 4.07. The Bertz CT molecular complexity index is 3110. The van der Waals surface area contributed by atoms with E-state index in [2.05, 4.69) is 31.5 Å². The SMILES string of the molecule is CCC[C@@]1(O)C(=O)OCc2c1cc1n(c2=O)Cc2c-1nc1cc(F)c(C)c3c1c2[C@@H](N1CC1COCNC(=O)CNC(=O)[C@H](Cc1ccccc1)NC(=O)CNC(=O)CNC(=O)CCCCCN1C(=O)C=CC1=O)CC3. The number of amides is 7. The van der Waals surface area contributed by atoms with Crippen LogP contribution in [0.1, 0.15) is 96.9 Å². The van der Waals surface area contributed by atoms with Crippen LogP contribution < -0.4 is 32.1 Å². The number of hydrogen-bond acceptors (Lipinski definition) is 14. The van der Waals surface area contributed by atoms with Gasteiger partial charge in [-0.25, -0.2) is 14.2 Å². The number of nitrogens with zero attached hydrogens (tertiary/aromatic N) is 4. The minimum Gasteiger partial charge on any atom is -0.458 e. The number of pyridine rings is 2. The van der Waals surface area contributed by atoms with Crippen molar-refractivity contribution in [2.24, 2.45) is 0 Å². The molecule has 4 aromatic rings. The first-order valence-electron chi connectivity index (χ1n) is 25.7. The van der Waals surface area contributed by atoms with E-state index in [1.807, 2.05) is 6.92 Å². The number of unbranched alkanes of at least 4 members (excludes halogenated alkanes) is 2. The smallest absolute Gasteiger partial charge is 0.343 e. The van der Waals surface area contributed by atoms with Gasteiger partial charge in [0.1, 0.15) is 25.2 Å². The molecule has 21 nitrogen and oxygen atoms in total. The van der Waals surface area contributed by atoms with Gasteiger partial charge in [0.25, 0.3) is 17.4 Å². The summed E-state index contributed by atoms with van der Waals surface area (Å²) in [6.45, 7) is 3.24. The lowest BCUT2D eigenvalue weighted by Gasteiger charge is -2.32. The van der Waals surface area contributed by atoms with E-state index < -0.39 is 54.3 Å². The number of nitrogens with one attached hydrogen (secondary N) is 5. The second kappa shape index (κ2) is 22.7. The number of aromatic nitrogens is 2. The van der Waals surface area contributed by atoms with Crippen molar-refractivity contribution in [3.8, 4) is 11.4 Å². The predicted octanol–water partition coefficient (Wildman–Crippen LogP) is 1.24. The number of carbonyl (C=O) groups excluding carboxylic acids is 8. The molecule has 6 N–H and O–H groups in total. The van der Waals surface area contributed by atoms with Gasteiger partial charge in [0.15, 0.2) is 5.60 Å². The minimum atomic E-state index is -1.99. The highest BCUT2D eigenvalue weighted by Gasteiger charge is 2.48. The molecule has 2 unspecified atom stereocenters. The summed E-state index contributed by atoms with van der Waals surface area (Å²) in [6.07, 6.45) is 6.01. The first kappa shape index (κ1) is 53.1. The molecule has 22 heteroatoms. The quantitative estimate of drug-likeness (QED) is 0.0177. The Labute approximate surface area is 435 Å². The van der Waals surface area contributed by atoms with Crippen LogP contribution in [0, 0.1) is 12.7 Å². The topological polar surface area (TPSA) is 277 Å². The normalized spacial score (nSPS) is 20.1. The van der Waals surface area contributed by atoms with Gasteiger partial charge in [-0.3, -0.25) is 48.2 Å². The summed E-state index contributed by atoms with van der Waals surface area (Å²) >= 11 is 0. The Balaban J connectivity index is 0.748. The lowest BCUT2D eigenvalue weighted by molar-refractivity contribution is -0.172. The fourth-order valence-electron chi connectivity index (χ4n) is 10.7. The summed E-state index contributed by atoms with van der Waals surface area (Å²) in [5, 5.41) is 25.2. The van der Waals surface area contributed by atoms with Gasteiger partial charge in [0.2, 0.25) is 29.5 Å². The Morgan fingerprint density at radius 3 is 2.38 bits per heavy atom. The van der Waals surface area contributed by atoms with Crippen LogP contribution in [0.25, 0.3) is 22.3 Å².